The van der Waals surface area contributed by atoms with E-state index in [9.17, 15) is 14.9 Å². The van der Waals surface area contributed by atoms with Gasteiger partial charge in [0.25, 0.3) is 11.6 Å². The predicted octanol–water partition coefficient (Wildman–Crippen LogP) is 2.92. The minimum absolute atomic E-state index is 0. The Morgan fingerprint density at radius 3 is 2.68 bits per heavy atom. The number of nitrogens with zero attached hydrogens (tertiary/aromatic N) is 1. The second-order valence-electron chi connectivity index (χ2n) is 5.28. The molecule has 22 heavy (non-hydrogen) atoms. The van der Waals surface area contributed by atoms with Crippen LogP contribution in [0.15, 0.2) is 18.2 Å². The van der Waals surface area contributed by atoms with Gasteiger partial charge in [0.05, 0.1) is 15.5 Å². The van der Waals surface area contributed by atoms with Crippen molar-refractivity contribution in [2.45, 2.75) is 31.7 Å². The molecule has 1 aromatic carbocycles. The molecule has 0 aromatic heterocycles. The Kier molecular flexibility index (Phi) is 7.06. The maximum absolute atomic E-state index is 12.3. The molecule has 122 valence electrons. The second-order valence-corrected chi connectivity index (χ2v) is 5.69. The maximum Gasteiger partial charge on any atom is 0.270 e. The maximum atomic E-state index is 12.3. The molecular formula is C14H19Cl2N3O3. The van der Waals surface area contributed by atoms with Crippen LogP contribution in [0.4, 0.5) is 5.69 Å². The van der Waals surface area contributed by atoms with Crippen LogP contribution < -0.4 is 11.1 Å². The van der Waals surface area contributed by atoms with Gasteiger partial charge in [-0.05, 0) is 31.4 Å². The summed E-state index contributed by atoms with van der Waals surface area (Å²) in [5.41, 5.74) is 5.86. The van der Waals surface area contributed by atoms with Crippen LogP contribution in [-0.4, -0.2) is 23.4 Å². The molecule has 1 amide bonds. The van der Waals surface area contributed by atoms with Crippen molar-refractivity contribution in [1.29, 1.82) is 0 Å². The van der Waals surface area contributed by atoms with Gasteiger partial charge in [-0.1, -0.05) is 24.4 Å². The lowest BCUT2D eigenvalue weighted by atomic mass is 9.84. The summed E-state index contributed by atoms with van der Waals surface area (Å²) in [5.74, 6) is -0.0280. The van der Waals surface area contributed by atoms with Crippen molar-refractivity contribution in [2.75, 3.05) is 6.54 Å². The minimum atomic E-state index is -0.543. The van der Waals surface area contributed by atoms with E-state index >= 15 is 0 Å². The number of carbonyl (C=O) groups excluding carboxylic acids is 1. The highest BCUT2D eigenvalue weighted by molar-refractivity contribution is 6.34. The van der Waals surface area contributed by atoms with Crippen molar-refractivity contribution in [3.05, 3.63) is 38.9 Å². The van der Waals surface area contributed by atoms with Crippen LogP contribution in [0.25, 0.3) is 0 Å². The summed E-state index contributed by atoms with van der Waals surface area (Å²) in [7, 11) is 0. The van der Waals surface area contributed by atoms with Gasteiger partial charge >= 0.3 is 0 Å². The van der Waals surface area contributed by atoms with Crippen LogP contribution in [0.5, 0.6) is 0 Å². The fourth-order valence-corrected chi connectivity index (χ4v) is 2.99. The number of benzene rings is 1. The average Bonchev–Trinajstić information content (AvgIpc) is 2.47. The van der Waals surface area contributed by atoms with Gasteiger partial charge in [-0.15, -0.1) is 12.4 Å². The highest BCUT2D eigenvalue weighted by Gasteiger charge is 2.26. The first-order valence-corrected chi connectivity index (χ1v) is 7.35. The average molecular weight is 348 g/mol. The molecule has 0 heterocycles. The van der Waals surface area contributed by atoms with Gasteiger partial charge in [-0.25, -0.2) is 0 Å². The number of carbonyl (C=O) groups is 1. The second kappa shape index (κ2) is 8.31. The molecule has 1 fully saturated rings. The Hall–Kier alpha value is -1.37. The first-order chi connectivity index (χ1) is 10.0. The number of hydrogen-bond donors (Lipinski definition) is 2. The molecule has 0 spiro atoms. The van der Waals surface area contributed by atoms with E-state index in [1.165, 1.54) is 18.2 Å². The first kappa shape index (κ1) is 18.7. The number of nitro benzene ring substituents is 1. The summed E-state index contributed by atoms with van der Waals surface area (Å²) in [5, 5.41) is 13.7. The molecule has 0 aliphatic heterocycles. The third-order valence-electron chi connectivity index (χ3n) is 3.94. The van der Waals surface area contributed by atoms with Crippen LogP contribution in [0.2, 0.25) is 5.02 Å². The third-order valence-corrected chi connectivity index (χ3v) is 4.25. The van der Waals surface area contributed by atoms with Crippen molar-refractivity contribution in [2.24, 2.45) is 11.7 Å². The van der Waals surface area contributed by atoms with Crippen LogP contribution in [-0.2, 0) is 0 Å². The van der Waals surface area contributed by atoms with E-state index in [-0.39, 0.29) is 46.5 Å². The number of nitrogens with one attached hydrogen (secondary N) is 1. The van der Waals surface area contributed by atoms with E-state index in [4.69, 9.17) is 17.3 Å². The Morgan fingerprint density at radius 1 is 1.41 bits per heavy atom. The van der Waals surface area contributed by atoms with Crippen molar-refractivity contribution in [1.82, 2.24) is 5.32 Å². The van der Waals surface area contributed by atoms with Gasteiger partial charge < -0.3 is 11.1 Å². The predicted molar refractivity (Wildman–Crippen MR) is 87.6 cm³/mol. The van der Waals surface area contributed by atoms with Crippen molar-refractivity contribution >= 4 is 35.6 Å². The summed E-state index contributed by atoms with van der Waals surface area (Å²) in [4.78, 5) is 22.4. The zero-order chi connectivity index (χ0) is 15.4. The number of non-ortho nitro benzene ring substituents is 1. The van der Waals surface area contributed by atoms with E-state index in [0.717, 1.165) is 25.7 Å². The molecule has 0 radical (unpaired) electrons. The zero-order valence-corrected chi connectivity index (χ0v) is 13.5. The van der Waals surface area contributed by atoms with Gasteiger partial charge in [-0.2, -0.15) is 0 Å². The Labute approximate surface area is 140 Å². The topological polar surface area (TPSA) is 98.3 Å². The lowest BCUT2D eigenvalue weighted by Crippen LogP contribution is -2.44. The molecule has 2 atom stereocenters. The number of amides is 1. The van der Waals surface area contributed by atoms with E-state index < -0.39 is 4.92 Å². The zero-order valence-electron chi connectivity index (χ0n) is 12.0. The number of rotatable bonds is 4. The highest BCUT2D eigenvalue weighted by atomic mass is 35.5. The SMILES string of the molecule is Cl.NCC1CCCCC1NC(=O)c1ccc([N+](=O)[O-])cc1Cl. The van der Waals surface area contributed by atoms with E-state index in [2.05, 4.69) is 5.32 Å². The fourth-order valence-electron chi connectivity index (χ4n) is 2.73. The van der Waals surface area contributed by atoms with Crippen LogP contribution in [0.1, 0.15) is 36.0 Å². The van der Waals surface area contributed by atoms with Gasteiger partial charge in [0.15, 0.2) is 0 Å². The molecule has 1 saturated carbocycles. The van der Waals surface area contributed by atoms with Crippen LogP contribution in [0.3, 0.4) is 0 Å². The normalized spacial score (nSPS) is 20.8. The molecule has 0 saturated heterocycles. The Balaban J connectivity index is 0.00000242. The molecule has 1 aliphatic rings. The van der Waals surface area contributed by atoms with Gasteiger partial charge in [0.2, 0.25) is 0 Å². The highest BCUT2D eigenvalue weighted by Crippen LogP contribution is 2.26. The summed E-state index contributed by atoms with van der Waals surface area (Å²) in [6.45, 7) is 0.541. The van der Waals surface area contributed by atoms with Gasteiger partial charge in [0, 0.05) is 18.2 Å². The van der Waals surface area contributed by atoms with Crippen LogP contribution >= 0.6 is 24.0 Å². The van der Waals surface area contributed by atoms with Gasteiger partial charge in [-0.3, -0.25) is 14.9 Å². The standard InChI is InChI=1S/C14H18ClN3O3.ClH/c15-12-7-10(18(20)21)5-6-11(12)14(19)17-13-4-2-1-3-9(13)8-16;/h5-7,9,13H,1-4,8,16H2,(H,17,19);1H. The minimum Gasteiger partial charge on any atom is -0.349 e. The number of nitro groups is 1. The molecule has 8 heteroatoms. The summed E-state index contributed by atoms with van der Waals surface area (Å²) < 4.78 is 0. The molecule has 6 nitrogen and oxygen atoms in total. The molecule has 0 bridgehead atoms. The summed E-state index contributed by atoms with van der Waals surface area (Å²) >= 11 is 5.97. The smallest absolute Gasteiger partial charge is 0.270 e. The van der Waals surface area contributed by atoms with E-state index in [1.54, 1.807) is 0 Å². The van der Waals surface area contributed by atoms with Gasteiger partial charge in [0.1, 0.15) is 0 Å². The summed E-state index contributed by atoms with van der Waals surface area (Å²) in [6.07, 6.45) is 4.11. The Bertz CT molecular complexity index is 554. The number of halogens is 2. The quantitative estimate of drug-likeness (QED) is 0.646. The summed E-state index contributed by atoms with van der Waals surface area (Å²) in [6, 6.07) is 3.90. The largest absolute Gasteiger partial charge is 0.349 e. The Morgan fingerprint density at radius 2 is 2.09 bits per heavy atom. The monoisotopic (exact) mass is 347 g/mol. The molecular weight excluding hydrogens is 329 g/mol. The fraction of sp³-hybridized carbons (Fsp3) is 0.500. The van der Waals surface area contributed by atoms with Crippen molar-refractivity contribution < 1.29 is 9.72 Å². The van der Waals surface area contributed by atoms with E-state index in [0.29, 0.717) is 6.54 Å². The molecule has 2 unspecified atom stereocenters. The number of hydrogen-bond acceptors (Lipinski definition) is 4. The first-order valence-electron chi connectivity index (χ1n) is 6.97. The third kappa shape index (κ3) is 4.32. The van der Waals surface area contributed by atoms with Crippen molar-refractivity contribution in [3.63, 3.8) is 0 Å². The number of nitrogens with two attached hydrogens (primary N) is 1. The van der Waals surface area contributed by atoms with Crippen LogP contribution in [0, 0.1) is 16.0 Å². The van der Waals surface area contributed by atoms with Crippen molar-refractivity contribution in [3.8, 4) is 0 Å². The molecule has 2 rings (SSSR count). The lowest BCUT2D eigenvalue weighted by molar-refractivity contribution is -0.384. The molecule has 1 aliphatic carbocycles. The molecule has 3 N–H and O–H groups in total. The molecule has 1 aromatic rings. The van der Waals surface area contributed by atoms with E-state index in [1.807, 2.05) is 0 Å². The lowest BCUT2D eigenvalue weighted by Gasteiger charge is -2.31.